The van der Waals surface area contributed by atoms with E-state index < -0.39 is 5.97 Å². The van der Waals surface area contributed by atoms with Crippen LogP contribution in [0.25, 0.3) is 16.9 Å². The average molecular weight is 278 g/mol. The smallest absolute Gasteiger partial charge is 0.127 e. The molecule has 0 unspecified atom stereocenters. The molecule has 3 rings (SSSR count). The van der Waals surface area contributed by atoms with Gasteiger partial charge in [-0.3, -0.25) is 0 Å². The summed E-state index contributed by atoms with van der Waals surface area (Å²) in [4.78, 5) is 10.7. The Morgan fingerprint density at radius 3 is 2.33 bits per heavy atom. The fourth-order valence-corrected chi connectivity index (χ4v) is 2.09. The standard InChI is InChI=1S/C16H13N3O2/c17-15-10-14(11-4-2-1-3-5-11)18-19(15)13-8-6-12(7-9-13)16(20)21/h1-10H,17H2,(H,20,21)/p-1. The van der Waals surface area contributed by atoms with Gasteiger partial charge in [0.05, 0.1) is 17.4 Å². The van der Waals surface area contributed by atoms with E-state index in [0.717, 1.165) is 11.3 Å². The van der Waals surface area contributed by atoms with Crippen LogP contribution < -0.4 is 10.8 Å². The number of nitrogen functional groups attached to an aromatic ring is 1. The van der Waals surface area contributed by atoms with E-state index in [0.29, 0.717) is 11.5 Å². The van der Waals surface area contributed by atoms with Crippen LogP contribution in [-0.2, 0) is 0 Å². The van der Waals surface area contributed by atoms with E-state index in [-0.39, 0.29) is 5.56 Å². The Labute approximate surface area is 121 Å². The highest BCUT2D eigenvalue weighted by Crippen LogP contribution is 2.22. The quantitative estimate of drug-likeness (QED) is 0.786. The van der Waals surface area contributed by atoms with Gasteiger partial charge in [-0.05, 0) is 17.7 Å². The summed E-state index contributed by atoms with van der Waals surface area (Å²) in [5.41, 5.74) is 8.52. The minimum Gasteiger partial charge on any atom is -0.545 e. The molecule has 0 aliphatic heterocycles. The van der Waals surface area contributed by atoms with Gasteiger partial charge in [0.15, 0.2) is 0 Å². The van der Waals surface area contributed by atoms with Crippen LogP contribution in [0.5, 0.6) is 0 Å². The average Bonchev–Trinajstić information content (AvgIpc) is 2.90. The second kappa shape index (κ2) is 5.13. The minimum absolute atomic E-state index is 0.118. The fourth-order valence-electron chi connectivity index (χ4n) is 2.09. The molecule has 2 N–H and O–H groups in total. The maximum Gasteiger partial charge on any atom is 0.127 e. The van der Waals surface area contributed by atoms with Crippen LogP contribution in [0.15, 0.2) is 60.7 Å². The first-order valence-corrected chi connectivity index (χ1v) is 6.38. The molecule has 5 nitrogen and oxygen atoms in total. The Balaban J connectivity index is 2.00. The molecule has 0 radical (unpaired) electrons. The van der Waals surface area contributed by atoms with Gasteiger partial charge in [-0.25, -0.2) is 4.68 Å². The van der Waals surface area contributed by atoms with Gasteiger partial charge in [-0.1, -0.05) is 42.5 Å². The van der Waals surface area contributed by atoms with Crippen molar-refractivity contribution in [3.05, 3.63) is 66.2 Å². The van der Waals surface area contributed by atoms with Crippen molar-refractivity contribution in [3.63, 3.8) is 0 Å². The van der Waals surface area contributed by atoms with Crippen molar-refractivity contribution in [1.82, 2.24) is 9.78 Å². The molecule has 5 heteroatoms. The SMILES string of the molecule is Nc1cc(-c2ccccc2)nn1-c1ccc(C(=O)[O-])cc1. The number of aromatic nitrogens is 2. The Morgan fingerprint density at radius 2 is 1.71 bits per heavy atom. The Morgan fingerprint density at radius 1 is 1.05 bits per heavy atom. The molecule has 1 heterocycles. The van der Waals surface area contributed by atoms with Gasteiger partial charge in [-0.2, -0.15) is 5.10 Å². The summed E-state index contributed by atoms with van der Waals surface area (Å²) in [7, 11) is 0. The third-order valence-corrected chi connectivity index (χ3v) is 3.15. The van der Waals surface area contributed by atoms with Crippen molar-refractivity contribution in [1.29, 1.82) is 0 Å². The summed E-state index contributed by atoms with van der Waals surface area (Å²) in [5.74, 6) is -0.727. The maximum absolute atomic E-state index is 10.7. The van der Waals surface area contributed by atoms with Crippen molar-refractivity contribution in [2.45, 2.75) is 0 Å². The third kappa shape index (κ3) is 2.49. The summed E-state index contributed by atoms with van der Waals surface area (Å²) in [6.07, 6.45) is 0. The predicted molar refractivity (Wildman–Crippen MR) is 77.7 cm³/mol. The van der Waals surface area contributed by atoms with Crippen molar-refractivity contribution in [2.24, 2.45) is 0 Å². The van der Waals surface area contributed by atoms with Gasteiger partial charge in [0.1, 0.15) is 5.82 Å². The number of carboxylic acid groups (broad SMARTS) is 1. The molecular weight excluding hydrogens is 266 g/mol. The second-order valence-corrected chi connectivity index (χ2v) is 4.57. The van der Waals surface area contributed by atoms with Gasteiger partial charge < -0.3 is 15.6 Å². The molecule has 21 heavy (non-hydrogen) atoms. The first-order chi connectivity index (χ1) is 10.1. The summed E-state index contributed by atoms with van der Waals surface area (Å²) in [6, 6.07) is 17.7. The largest absolute Gasteiger partial charge is 0.545 e. The highest BCUT2D eigenvalue weighted by atomic mass is 16.4. The number of carbonyl (C=O) groups excluding carboxylic acids is 1. The zero-order chi connectivity index (χ0) is 14.8. The van der Waals surface area contributed by atoms with Gasteiger partial charge in [0.2, 0.25) is 0 Å². The van der Waals surface area contributed by atoms with E-state index in [1.807, 2.05) is 30.3 Å². The number of hydrogen-bond acceptors (Lipinski definition) is 4. The van der Waals surface area contributed by atoms with Crippen molar-refractivity contribution in [2.75, 3.05) is 5.73 Å². The number of benzene rings is 2. The number of carboxylic acids is 1. The highest BCUT2D eigenvalue weighted by Gasteiger charge is 2.08. The van der Waals surface area contributed by atoms with E-state index in [1.54, 1.807) is 22.9 Å². The van der Waals surface area contributed by atoms with Crippen LogP contribution in [0.2, 0.25) is 0 Å². The van der Waals surface area contributed by atoms with Crippen LogP contribution >= 0.6 is 0 Å². The van der Waals surface area contributed by atoms with E-state index >= 15 is 0 Å². The zero-order valence-electron chi connectivity index (χ0n) is 11.1. The lowest BCUT2D eigenvalue weighted by molar-refractivity contribution is -0.255. The molecule has 104 valence electrons. The summed E-state index contributed by atoms with van der Waals surface area (Å²) in [6.45, 7) is 0. The topological polar surface area (TPSA) is 84.0 Å². The number of nitrogens with two attached hydrogens (primary N) is 1. The Hall–Kier alpha value is -3.08. The molecule has 1 aromatic heterocycles. The third-order valence-electron chi connectivity index (χ3n) is 3.15. The monoisotopic (exact) mass is 278 g/mol. The number of rotatable bonds is 3. The van der Waals surface area contributed by atoms with E-state index in [1.165, 1.54) is 12.1 Å². The maximum atomic E-state index is 10.7. The number of nitrogens with zero attached hydrogens (tertiary/aromatic N) is 2. The Kier molecular flexibility index (Phi) is 3.16. The lowest BCUT2D eigenvalue weighted by Gasteiger charge is -2.06. The van der Waals surface area contributed by atoms with E-state index in [4.69, 9.17) is 5.73 Å². The number of anilines is 1. The lowest BCUT2D eigenvalue weighted by atomic mass is 10.2. The van der Waals surface area contributed by atoms with E-state index in [9.17, 15) is 9.90 Å². The van der Waals surface area contributed by atoms with Crippen LogP contribution in [0, 0.1) is 0 Å². The molecule has 0 spiro atoms. The lowest BCUT2D eigenvalue weighted by Crippen LogP contribution is -2.22. The number of aromatic carboxylic acids is 1. The number of carbonyl (C=O) groups is 1. The molecule has 0 bridgehead atoms. The molecule has 3 aromatic rings. The van der Waals surface area contributed by atoms with Gasteiger partial charge in [0, 0.05) is 11.6 Å². The minimum atomic E-state index is -1.21. The Bertz CT molecular complexity index is 777. The first-order valence-electron chi connectivity index (χ1n) is 6.38. The molecule has 0 amide bonds. The zero-order valence-corrected chi connectivity index (χ0v) is 11.1. The van der Waals surface area contributed by atoms with Crippen LogP contribution in [0.1, 0.15) is 10.4 Å². The van der Waals surface area contributed by atoms with Gasteiger partial charge in [0.25, 0.3) is 0 Å². The molecule has 0 fully saturated rings. The van der Waals surface area contributed by atoms with Crippen LogP contribution in [0.3, 0.4) is 0 Å². The summed E-state index contributed by atoms with van der Waals surface area (Å²) < 4.78 is 1.57. The number of hydrogen-bond donors (Lipinski definition) is 1. The van der Waals surface area contributed by atoms with Crippen molar-refractivity contribution < 1.29 is 9.90 Å². The highest BCUT2D eigenvalue weighted by molar-refractivity contribution is 5.86. The molecular formula is C16H12N3O2-. The molecule has 0 atom stereocenters. The second-order valence-electron chi connectivity index (χ2n) is 4.57. The van der Waals surface area contributed by atoms with E-state index in [2.05, 4.69) is 5.10 Å². The molecule has 0 saturated carbocycles. The molecule has 2 aromatic carbocycles. The predicted octanol–water partition coefficient (Wildman–Crippen LogP) is 1.49. The van der Waals surface area contributed by atoms with Crippen molar-refractivity contribution in [3.8, 4) is 16.9 Å². The first kappa shape index (κ1) is 12.9. The van der Waals surface area contributed by atoms with Crippen molar-refractivity contribution >= 4 is 11.8 Å². The summed E-state index contributed by atoms with van der Waals surface area (Å²) >= 11 is 0. The van der Waals surface area contributed by atoms with Crippen LogP contribution in [-0.4, -0.2) is 15.7 Å². The normalized spacial score (nSPS) is 10.5. The summed E-state index contributed by atoms with van der Waals surface area (Å²) in [5, 5.41) is 15.2. The molecule has 0 saturated heterocycles. The molecule has 0 aliphatic carbocycles. The van der Waals surface area contributed by atoms with Crippen LogP contribution in [0.4, 0.5) is 5.82 Å². The van der Waals surface area contributed by atoms with Gasteiger partial charge in [-0.15, -0.1) is 0 Å². The molecule has 0 aliphatic rings. The van der Waals surface area contributed by atoms with Gasteiger partial charge >= 0.3 is 0 Å². The fraction of sp³-hybridized carbons (Fsp3) is 0.